The third kappa shape index (κ3) is 4.58. The molecule has 0 aliphatic rings. The molecule has 1 heterocycles. The number of nitrogens with one attached hydrogen (secondary N) is 2. The molecule has 0 fully saturated rings. The Morgan fingerprint density at radius 3 is 2.85 bits per heavy atom. The molecular formula is C19H17BrN4O2. The van der Waals surface area contributed by atoms with Gasteiger partial charge in [0.25, 0.3) is 5.91 Å². The van der Waals surface area contributed by atoms with Crippen LogP contribution in [0.4, 0.5) is 0 Å². The molecule has 0 unspecified atom stereocenters. The molecule has 0 spiro atoms. The standard InChI is InChI=1S/C19H17BrN4O2/c1-2-26-16-5-3-4-14(10-16)17-11-18(23-22-17)19(25)24-21-12-13-6-8-15(20)9-7-13/h3-12H,2H2,1H3,(H,22,23)(H,24,25)/b21-12+. The molecule has 26 heavy (non-hydrogen) atoms. The van der Waals surface area contributed by atoms with Crippen LogP contribution in [0.2, 0.25) is 0 Å². The van der Waals surface area contributed by atoms with Crippen molar-refractivity contribution in [3.05, 3.63) is 70.3 Å². The van der Waals surface area contributed by atoms with Crippen LogP contribution in [-0.2, 0) is 0 Å². The summed E-state index contributed by atoms with van der Waals surface area (Å²) >= 11 is 3.37. The molecule has 7 heteroatoms. The number of rotatable bonds is 6. The zero-order valence-corrected chi connectivity index (χ0v) is 15.7. The minimum Gasteiger partial charge on any atom is -0.494 e. The van der Waals surface area contributed by atoms with Crippen LogP contribution in [0.3, 0.4) is 0 Å². The van der Waals surface area contributed by atoms with Crippen molar-refractivity contribution in [2.75, 3.05) is 6.61 Å². The van der Waals surface area contributed by atoms with Crippen LogP contribution in [0.25, 0.3) is 11.3 Å². The van der Waals surface area contributed by atoms with Gasteiger partial charge in [0.05, 0.1) is 18.5 Å². The largest absolute Gasteiger partial charge is 0.494 e. The van der Waals surface area contributed by atoms with Crippen LogP contribution < -0.4 is 10.2 Å². The van der Waals surface area contributed by atoms with E-state index < -0.39 is 0 Å². The Morgan fingerprint density at radius 2 is 2.08 bits per heavy atom. The lowest BCUT2D eigenvalue weighted by molar-refractivity contribution is 0.0950. The summed E-state index contributed by atoms with van der Waals surface area (Å²) in [7, 11) is 0. The summed E-state index contributed by atoms with van der Waals surface area (Å²) in [5.74, 6) is 0.399. The summed E-state index contributed by atoms with van der Waals surface area (Å²) in [4.78, 5) is 12.2. The fourth-order valence-electron chi connectivity index (χ4n) is 2.27. The lowest BCUT2D eigenvalue weighted by Crippen LogP contribution is -2.17. The SMILES string of the molecule is CCOc1cccc(-c2cc(C(=O)N/N=C/c3ccc(Br)cc3)[nH]n2)c1. The number of aromatic nitrogens is 2. The summed E-state index contributed by atoms with van der Waals surface area (Å²) in [6.07, 6.45) is 1.58. The number of halogens is 1. The van der Waals surface area contributed by atoms with Gasteiger partial charge in [-0.2, -0.15) is 10.2 Å². The predicted octanol–water partition coefficient (Wildman–Crippen LogP) is 4.00. The van der Waals surface area contributed by atoms with E-state index in [0.29, 0.717) is 18.0 Å². The second-order valence-electron chi connectivity index (χ2n) is 5.38. The third-order valence-corrected chi connectivity index (χ3v) is 4.04. The number of hydrazone groups is 1. The fourth-order valence-corrected chi connectivity index (χ4v) is 2.54. The van der Waals surface area contributed by atoms with Crippen molar-refractivity contribution in [3.8, 4) is 17.0 Å². The quantitative estimate of drug-likeness (QED) is 0.474. The summed E-state index contributed by atoms with van der Waals surface area (Å²) in [5.41, 5.74) is 5.22. The molecule has 2 aromatic carbocycles. The minimum absolute atomic E-state index is 0.328. The number of hydrogen-bond acceptors (Lipinski definition) is 4. The summed E-state index contributed by atoms with van der Waals surface area (Å²) in [6, 6.07) is 16.8. The van der Waals surface area contributed by atoms with Crippen LogP contribution in [0.15, 0.2) is 64.2 Å². The third-order valence-electron chi connectivity index (χ3n) is 3.51. The van der Waals surface area contributed by atoms with Crippen molar-refractivity contribution in [1.82, 2.24) is 15.6 Å². The highest BCUT2D eigenvalue weighted by Crippen LogP contribution is 2.22. The van der Waals surface area contributed by atoms with E-state index in [4.69, 9.17) is 4.74 Å². The Kier molecular flexibility index (Phi) is 5.80. The van der Waals surface area contributed by atoms with Gasteiger partial charge in [0.2, 0.25) is 0 Å². The van der Waals surface area contributed by atoms with Crippen molar-refractivity contribution < 1.29 is 9.53 Å². The average Bonchev–Trinajstić information content (AvgIpc) is 3.14. The topological polar surface area (TPSA) is 79.4 Å². The van der Waals surface area contributed by atoms with Crippen molar-refractivity contribution in [3.63, 3.8) is 0 Å². The van der Waals surface area contributed by atoms with Gasteiger partial charge in [-0.05, 0) is 42.8 Å². The van der Waals surface area contributed by atoms with Crippen LogP contribution in [-0.4, -0.2) is 28.9 Å². The molecule has 0 saturated carbocycles. The van der Waals surface area contributed by atoms with Gasteiger partial charge in [0.15, 0.2) is 0 Å². The van der Waals surface area contributed by atoms with E-state index >= 15 is 0 Å². The lowest BCUT2D eigenvalue weighted by Gasteiger charge is -2.03. The second kappa shape index (κ2) is 8.44. The maximum atomic E-state index is 12.2. The number of hydrogen-bond donors (Lipinski definition) is 2. The van der Waals surface area contributed by atoms with Gasteiger partial charge in [-0.15, -0.1) is 0 Å². The van der Waals surface area contributed by atoms with E-state index in [1.54, 1.807) is 12.3 Å². The first-order chi connectivity index (χ1) is 12.7. The van der Waals surface area contributed by atoms with Crippen LogP contribution >= 0.6 is 15.9 Å². The van der Waals surface area contributed by atoms with Crippen LogP contribution in [0, 0.1) is 0 Å². The number of benzene rings is 2. The smallest absolute Gasteiger partial charge is 0.289 e. The minimum atomic E-state index is -0.363. The van der Waals surface area contributed by atoms with Gasteiger partial charge >= 0.3 is 0 Å². The highest BCUT2D eigenvalue weighted by molar-refractivity contribution is 9.10. The predicted molar refractivity (Wildman–Crippen MR) is 104 cm³/mol. The number of aromatic amines is 1. The maximum Gasteiger partial charge on any atom is 0.289 e. The van der Waals surface area contributed by atoms with Gasteiger partial charge < -0.3 is 4.74 Å². The van der Waals surface area contributed by atoms with Crippen molar-refractivity contribution in [1.29, 1.82) is 0 Å². The van der Waals surface area contributed by atoms with E-state index in [-0.39, 0.29) is 5.91 Å². The van der Waals surface area contributed by atoms with Crippen molar-refractivity contribution >= 4 is 28.1 Å². The molecule has 0 aliphatic heterocycles. The van der Waals surface area contributed by atoms with E-state index in [2.05, 4.69) is 36.7 Å². The van der Waals surface area contributed by atoms with E-state index in [1.165, 1.54) is 0 Å². The molecule has 1 aromatic heterocycles. The normalized spacial score (nSPS) is 10.8. The van der Waals surface area contributed by atoms with E-state index in [0.717, 1.165) is 21.3 Å². The molecule has 6 nitrogen and oxygen atoms in total. The fraction of sp³-hybridized carbons (Fsp3) is 0.105. The molecule has 0 atom stereocenters. The zero-order valence-electron chi connectivity index (χ0n) is 14.1. The lowest BCUT2D eigenvalue weighted by atomic mass is 10.1. The first-order valence-electron chi connectivity index (χ1n) is 8.03. The maximum absolute atomic E-state index is 12.2. The Bertz CT molecular complexity index is 919. The summed E-state index contributed by atoms with van der Waals surface area (Å²) in [5, 5.41) is 10.9. The Labute approximate surface area is 159 Å². The van der Waals surface area contributed by atoms with Crippen molar-refractivity contribution in [2.45, 2.75) is 6.92 Å². The number of nitrogens with zero attached hydrogens (tertiary/aromatic N) is 2. The Morgan fingerprint density at radius 1 is 1.27 bits per heavy atom. The molecule has 3 rings (SSSR count). The Hall–Kier alpha value is -2.93. The number of carbonyl (C=O) groups is 1. The molecule has 0 aliphatic carbocycles. The van der Waals surface area contributed by atoms with Gasteiger partial charge in [-0.25, -0.2) is 5.43 Å². The molecule has 0 bridgehead atoms. The molecule has 3 aromatic rings. The number of H-pyrrole nitrogens is 1. The zero-order chi connectivity index (χ0) is 18.4. The van der Waals surface area contributed by atoms with Gasteiger partial charge in [0.1, 0.15) is 11.4 Å². The van der Waals surface area contributed by atoms with E-state index in [9.17, 15) is 4.79 Å². The van der Waals surface area contributed by atoms with Crippen LogP contribution in [0.5, 0.6) is 5.75 Å². The molecular weight excluding hydrogens is 396 g/mol. The highest BCUT2D eigenvalue weighted by atomic mass is 79.9. The summed E-state index contributed by atoms with van der Waals surface area (Å²) in [6.45, 7) is 2.52. The van der Waals surface area contributed by atoms with Gasteiger partial charge in [-0.3, -0.25) is 9.89 Å². The molecule has 132 valence electrons. The molecule has 0 radical (unpaired) electrons. The Balaban J connectivity index is 1.66. The number of carbonyl (C=O) groups excluding carboxylic acids is 1. The van der Waals surface area contributed by atoms with Gasteiger partial charge in [0, 0.05) is 10.0 Å². The highest BCUT2D eigenvalue weighted by Gasteiger charge is 2.11. The monoisotopic (exact) mass is 412 g/mol. The molecule has 2 N–H and O–H groups in total. The average molecular weight is 413 g/mol. The summed E-state index contributed by atoms with van der Waals surface area (Å²) < 4.78 is 6.47. The number of ether oxygens (including phenoxy) is 1. The molecule has 0 saturated heterocycles. The van der Waals surface area contributed by atoms with E-state index in [1.807, 2.05) is 55.5 Å². The van der Waals surface area contributed by atoms with Crippen molar-refractivity contribution in [2.24, 2.45) is 5.10 Å². The van der Waals surface area contributed by atoms with Gasteiger partial charge in [-0.1, -0.05) is 40.2 Å². The first-order valence-corrected chi connectivity index (χ1v) is 8.82. The van der Waals surface area contributed by atoms with Crippen LogP contribution in [0.1, 0.15) is 23.0 Å². The second-order valence-corrected chi connectivity index (χ2v) is 6.29. The number of amides is 1. The molecule has 1 amide bonds. The first kappa shape index (κ1) is 17.9.